The molecule has 2 aromatic carbocycles. The lowest BCUT2D eigenvalue weighted by Crippen LogP contribution is -2.32. The maximum absolute atomic E-state index is 13.2. The second kappa shape index (κ2) is 13.3. The van der Waals surface area contributed by atoms with Gasteiger partial charge in [0.25, 0.3) is 0 Å². The Morgan fingerprint density at radius 3 is 1.50 bits per heavy atom. The molecule has 2 unspecified atom stereocenters. The van der Waals surface area contributed by atoms with Gasteiger partial charge >= 0.3 is 0 Å². The summed E-state index contributed by atoms with van der Waals surface area (Å²) in [5, 5.41) is 1.65. The third kappa shape index (κ3) is 6.20. The minimum atomic E-state index is -0.0542. The van der Waals surface area contributed by atoms with E-state index in [1.54, 1.807) is 22.7 Å². The van der Waals surface area contributed by atoms with E-state index in [-0.39, 0.29) is 23.9 Å². The van der Waals surface area contributed by atoms with Gasteiger partial charge in [-0.25, -0.2) is 19.9 Å². The number of H-pyrrole nitrogens is 2. The molecule has 8 rings (SSSR count). The summed E-state index contributed by atoms with van der Waals surface area (Å²) in [7, 11) is 0. The van der Waals surface area contributed by atoms with Gasteiger partial charge in [-0.15, -0.1) is 22.7 Å². The second-order valence-corrected chi connectivity index (χ2v) is 14.3. The van der Waals surface area contributed by atoms with Crippen LogP contribution in [0.15, 0.2) is 85.5 Å². The van der Waals surface area contributed by atoms with Gasteiger partial charge in [0, 0.05) is 25.5 Å². The van der Waals surface area contributed by atoms with Gasteiger partial charge in [-0.05, 0) is 36.8 Å². The third-order valence-corrected chi connectivity index (χ3v) is 11.3. The molecule has 6 heterocycles. The van der Waals surface area contributed by atoms with Crippen LogP contribution in [0.3, 0.4) is 0 Å². The minimum Gasteiger partial charge on any atom is -0.340 e. The molecule has 2 N–H and O–H groups in total. The van der Waals surface area contributed by atoms with Gasteiger partial charge in [-0.1, -0.05) is 60.7 Å². The van der Waals surface area contributed by atoms with Crippen LogP contribution in [0.4, 0.5) is 0 Å². The first-order chi connectivity index (χ1) is 23.6. The van der Waals surface area contributed by atoms with Crippen molar-refractivity contribution in [2.45, 2.75) is 50.6 Å². The largest absolute Gasteiger partial charge is 0.340 e. The van der Waals surface area contributed by atoms with Crippen molar-refractivity contribution in [2.75, 3.05) is 13.1 Å². The first-order valence-corrected chi connectivity index (χ1v) is 17.9. The van der Waals surface area contributed by atoms with Gasteiger partial charge in [0.2, 0.25) is 11.8 Å². The standard InChI is InChI=1S/C36H34N8O2S2/c45-31(17-23-9-3-1-4-10-23)43-15-7-13-27(43)33-37-19-25(41-33)29-21-39-35(47-29)36-40-22-30(48-36)26-20-38-34(42-26)28-14-8-16-44(28)32(46)18-24-11-5-2-6-12-24/h1-6,9-12,19-22,27-28H,7-8,13-18H2,(H,37,41)(H,38,42). The molecular weight excluding hydrogens is 641 g/mol. The second-order valence-electron chi connectivity index (χ2n) is 12.2. The Balaban J connectivity index is 0.934. The third-order valence-electron chi connectivity index (χ3n) is 9.09. The summed E-state index contributed by atoms with van der Waals surface area (Å²) < 4.78 is 0. The number of imidazole rings is 2. The normalized spacial score (nSPS) is 17.8. The van der Waals surface area contributed by atoms with E-state index >= 15 is 0 Å². The predicted octanol–water partition coefficient (Wildman–Crippen LogP) is 6.86. The lowest BCUT2D eigenvalue weighted by molar-refractivity contribution is -0.132. The number of amides is 2. The molecule has 4 aromatic heterocycles. The number of hydrogen-bond donors (Lipinski definition) is 2. The highest BCUT2D eigenvalue weighted by Crippen LogP contribution is 2.38. The topological polar surface area (TPSA) is 124 Å². The van der Waals surface area contributed by atoms with Crippen molar-refractivity contribution in [1.82, 2.24) is 39.7 Å². The van der Waals surface area contributed by atoms with Crippen molar-refractivity contribution >= 4 is 34.5 Å². The van der Waals surface area contributed by atoms with Crippen LogP contribution in [0.25, 0.3) is 31.2 Å². The summed E-state index contributed by atoms with van der Waals surface area (Å²) >= 11 is 3.11. The smallest absolute Gasteiger partial charge is 0.227 e. The first-order valence-electron chi connectivity index (χ1n) is 16.3. The molecule has 0 radical (unpaired) electrons. The maximum Gasteiger partial charge on any atom is 0.227 e. The van der Waals surface area contributed by atoms with Crippen molar-refractivity contribution in [3.05, 3.63) is 108 Å². The minimum absolute atomic E-state index is 0.0542. The van der Waals surface area contributed by atoms with Crippen LogP contribution in [0, 0.1) is 0 Å². The van der Waals surface area contributed by atoms with Crippen LogP contribution < -0.4 is 0 Å². The highest BCUT2D eigenvalue weighted by molar-refractivity contribution is 7.24. The van der Waals surface area contributed by atoms with E-state index in [9.17, 15) is 9.59 Å². The first kappa shape index (κ1) is 30.4. The van der Waals surface area contributed by atoms with Gasteiger partial charge < -0.3 is 19.8 Å². The monoisotopic (exact) mass is 674 g/mol. The van der Waals surface area contributed by atoms with Gasteiger partial charge in [-0.3, -0.25) is 9.59 Å². The highest BCUT2D eigenvalue weighted by Gasteiger charge is 2.33. The number of aromatic amines is 2. The van der Waals surface area contributed by atoms with Crippen LogP contribution in [-0.2, 0) is 22.4 Å². The van der Waals surface area contributed by atoms with Gasteiger partial charge in [0.1, 0.15) is 11.6 Å². The number of carbonyl (C=O) groups is 2. The van der Waals surface area contributed by atoms with Gasteiger partial charge in [-0.2, -0.15) is 0 Å². The average Bonchev–Trinajstić information content (AvgIpc) is 3.94. The summed E-state index contributed by atoms with van der Waals surface area (Å²) in [6.45, 7) is 1.49. The summed E-state index contributed by atoms with van der Waals surface area (Å²) in [5.74, 6) is 1.88. The fourth-order valence-corrected chi connectivity index (χ4v) is 8.50. The Morgan fingerprint density at radius 2 is 1.06 bits per heavy atom. The number of rotatable bonds is 9. The van der Waals surface area contributed by atoms with Gasteiger partial charge in [0.05, 0.1) is 58.5 Å². The Labute approximate surface area is 286 Å². The van der Waals surface area contributed by atoms with Crippen molar-refractivity contribution in [3.8, 4) is 31.2 Å². The van der Waals surface area contributed by atoms with E-state index in [1.807, 2.05) is 95.3 Å². The molecular formula is C36H34N8O2S2. The molecule has 2 aliphatic heterocycles. The Kier molecular flexibility index (Phi) is 8.41. The molecule has 2 atom stereocenters. The van der Waals surface area contributed by atoms with E-state index in [2.05, 4.69) is 19.9 Å². The summed E-state index contributed by atoms with van der Waals surface area (Å²) in [4.78, 5) is 57.9. The van der Waals surface area contributed by atoms with Crippen LogP contribution in [0.1, 0.15) is 60.5 Å². The average molecular weight is 675 g/mol. The Morgan fingerprint density at radius 1 is 0.625 bits per heavy atom. The molecule has 10 nitrogen and oxygen atoms in total. The molecule has 0 spiro atoms. The lowest BCUT2D eigenvalue weighted by atomic mass is 10.1. The van der Waals surface area contributed by atoms with Gasteiger partial charge in [0.15, 0.2) is 10.0 Å². The number of carbonyl (C=O) groups excluding carboxylic acids is 2. The Bertz CT molecular complexity index is 1890. The SMILES string of the molecule is O=C(Cc1ccccc1)N1CCCC1c1ncc(-c2cnc(-c3ncc(-c4cnc(C5CCCN5C(=O)Cc5ccccc5)[nH]4)s3)s2)[nH]1. The maximum atomic E-state index is 13.2. The summed E-state index contributed by atoms with van der Waals surface area (Å²) in [6, 6.07) is 19.7. The van der Waals surface area contributed by atoms with Crippen LogP contribution in [0.2, 0.25) is 0 Å². The number of likely N-dealkylation sites (tertiary alicyclic amines) is 2. The number of nitrogens with zero attached hydrogens (tertiary/aromatic N) is 6. The molecule has 2 fully saturated rings. The van der Waals surface area contributed by atoms with Crippen molar-refractivity contribution in [1.29, 1.82) is 0 Å². The fraction of sp³-hybridized carbons (Fsp3) is 0.278. The number of nitrogens with one attached hydrogen (secondary N) is 2. The zero-order chi connectivity index (χ0) is 32.5. The predicted molar refractivity (Wildman–Crippen MR) is 186 cm³/mol. The summed E-state index contributed by atoms with van der Waals surface area (Å²) in [5.41, 5.74) is 3.81. The van der Waals surface area contributed by atoms with Crippen molar-refractivity contribution in [2.24, 2.45) is 0 Å². The fourth-order valence-electron chi connectivity index (χ4n) is 6.70. The zero-order valence-corrected chi connectivity index (χ0v) is 27.8. The molecule has 2 saturated heterocycles. The molecule has 12 heteroatoms. The quantitative estimate of drug-likeness (QED) is 0.173. The Hall–Kier alpha value is -4.94. The van der Waals surface area contributed by atoms with E-state index in [1.165, 1.54) is 0 Å². The zero-order valence-electron chi connectivity index (χ0n) is 26.2. The van der Waals surface area contributed by atoms with Crippen LogP contribution >= 0.6 is 22.7 Å². The van der Waals surface area contributed by atoms with Crippen molar-refractivity contribution in [3.63, 3.8) is 0 Å². The highest BCUT2D eigenvalue weighted by atomic mass is 32.1. The van der Waals surface area contributed by atoms with Crippen LogP contribution in [-0.4, -0.2) is 64.6 Å². The van der Waals surface area contributed by atoms with Crippen molar-refractivity contribution < 1.29 is 9.59 Å². The molecule has 242 valence electrons. The molecule has 2 amide bonds. The number of thiazole rings is 2. The number of benzene rings is 2. The van der Waals surface area contributed by atoms with Crippen LogP contribution in [0.5, 0.6) is 0 Å². The molecule has 0 bridgehead atoms. The molecule has 48 heavy (non-hydrogen) atoms. The molecule has 0 aliphatic carbocycles. The molecule has 0 saturated carbocycles. The van der Waals surface area contributed by atoms with E-state index in [0.29, 0.717) is 12.8 Å². The molecule has 6 aromatic rings. The molecule has 2 aliphatic rings. The number of hydrogen-bond acceptors (Lipinski definition) is 8. The van der Waals surface area contributed by atoms with E-state index < -0.39 is 0 Å². The van der Waals surface area contributed by atoms with E-state index in [4.69, 9.17) is 9.97 Å². The summed E-state index contributed by atoms with van der Waals surface area (Å²) in [6.07, 6.45) is 11.9. The lowest BCUT2D eigenvalue weighted by Gasteiger charge is -2.23. The van der Waals surface area contributed by atoms with E-state index in [0.717, 1.165) is 92.7 Å². The number of aromatic nitrogens is 6.